The summed E-state index contributed by atoms with van der Waals surface area (Å²) in [6.45, 7) is 0. The lowest BCUT2D eigenvalue weighted by Crippen LogP contribution is -1.99. The van der Waals surface area contributed by atoms with E-state index in [0.29, 0.717) is 10.8 Å². The Balaban J connectivity index is 2.05. The Morgan fingerprint density at radius 2 is 1.57 bits per heavy atom. The Kier molecular flexibility index (Phi) is 6.53. The number of allylic oxidation sites excluding steroid dienone is 1. The first-order valence-corrected chi connectivity index (χ1v) is 8.03. The molecule has 0 aromatic heterocycles. The summed E-state index contributed by atoms with van der Waals surface area (Å²) < 4.78 is 0. The summed E-state index contributed by atoms with van der Waals surface area (Å²) in [6.07, 6.45) is 4.03. The molecule has 0 spiro atoms. The maximum atomic E-state index is 9.11. The lowest BCUT2D eigenvalue weighted by Gasteiger charge is -2.09. The Morgan fingerprint density at radius 3 is 2.17 bits per heavy atom. The molecule has 2 rings (SSSR count). The summed E-state index contributed by atoms with van der Waals surface area (Å²) in [4.78, 5) is 0. The molecule has 0 heterocycles. The van der Waals surface area contributed by atoms with Gasteiger partial charge in [-0.3, -0.25) is 0 Å². The quantitative estimate of drug-likeness (QED) is 0.777. The molecule has 4 heteroatoms. The molecule has 0 atom stereocenters. The van der Waals surface area contributed by atoms with Gasteiger partial charge < -0.3 is 5.32 Å². The van der Waals surface area contributed by atoms with E-state index in [1.807, 2.05) is 85.0 Å². The van der Waals surface area contributed by atoms with Crippen molar-refractivity contribution < 1.29 is 0 Å². The second kappa shape index (κ2) is 9.15. The summed E-state index contributed by atoms with van der Waals surface area (Å²) >= 11 is 1.43. The molecular formula is C19H15N3S. The number of hydrogen-bond donors (Lipinski definition) is 1. The third-order valence-corrected chi connectivity index (χ3v) is 3.87. The lowest BCUT2D eigenvalue weighted by molar-refractivity contribution is 1.43. The largest absolute Gasteiger partial charge is 0.349 e. The predicted molar refractivity (Wildman–Crippen MR) is 96.3 cm³/mol. The number of nitrogens with one attached hydrogen (secondary N) is 1. The van der Waals surface area contributed by atoms with E-state index >= 15 is 0 Å². The van der Waals surface area contributed by atoms with Gasteiger partial charge in [-0.05, 0) is 17.7 Å². The van der Waals surface area contributed by atoms with Crippen molar-refractivity contribution in [3.05, 3.63) is 82.9 Å². The molecule has 0 fully saturated rings. The topological polar surface area (TPSA) is 59.6 Å². The van der Waals surface area contributed by atoms with Crippen LogP contribution in [0.15, 0.2) is 77.3 Å². The van der Waals surface area contributed by atoms with Crippen LogP contribution in [0.1, 0.15) is 5.56 Å². The van der Waals surface area contributed by atoms with E-state index in [2.05, 4.69) is 5.32 Å². The first-order chi connectivity index (χ1) is 11.3. The van der Waals surface area contributed by atoms with Crippen LogP contribution in [0.4, 0.5) is 5.69 Å². The van der Waals surface area contributed by atoms with Crippen LogP contribution in [0.3, 0.4) is 0 Å². The SMILES string of the molecule is N#CC(C#N)=C(Nc1ccccc1)SC/C=C/c1ccccc1. The van der Waals surface area contributed by atoms with Gasteiger partial charge in [0.2, 0.25) is 0 Å². The molecular weight excluding hydrogens is 302 g/mol. The number of para-hydroxylation sites is 1. The molecule has 1 N–H and O–H groups in total. The van der Waals surface area contributed by atoms with E-state index in [0.717, 1.165) is 11.3 Å². The number of thioether (sulfide) groups is 1. The Morgan fingerprint density at radius 1 is 0.957 bits per heavy atom. The fourth-order valence-corrected chi connectivity index (χ4v) is 2.61. The second-order valence-electron chi connectivity index (χ2n) is 4.54. The first-order valence-electron chi connectivity index (χ1n) is 7.04. The highest BCUT2D eigenvalue weighted by molar-refractivity contribution is 8.03. The molecule has 0 aliphatic heterocycles. The molecule has 0 aliphatic carbocycles. The van der Waals surface area contributed by atoms with E-state index in [1.165, 1.54) is 11.8 Å². The predicted octanol–water partition coefficient (Wildman–Crippen LogP) is 4.80. The van der Waals surface area contributed by atoms with Gasteiger partial charge in [0.15, 0.2) is 5.57 Å². The Bertz CT molecular complexity index is 750. The molecule has 112 valence electrons. The van der Waals surface area contributed by atoms with Crippen LogP contribution in [0.25, 0.3) is 6.08 Å². The fraction of sp³-hybridized carbons (Fsp3) is 0.0526. The summed E-state index contributed by atoms with van der Waals surface area (Å²) in [5.41, 5.74) is 2.06. The van der Waals surface area contributed by atoms with Crippen LogP contribution >= 0.6 is 11.8 Å². The van der Waals surface area contributed by atoms with E-state index < -0.39 is 0 Å². The highest BCUT2D eigenvalue weighted by Crippen LogP contribution is 2.23. The van der Waals surface area contributed by atoms with Crippen molar-refractivity contribution in [2.24, 2.45) is 0 Å². The molecule has 0 bridgehead atoms. The van der Waals surface area contributed by atoms with Crippen LogP contribution in [0.2, 0.25) is 0 Å². The van der Waals surface area contributed by atoms with Crippen molar-refractivity contribution in [2.45, 2.75) is 0 Å². The van der Waals surface area contributed by atoms with Gasteiger partial charge in [-0.25, -0.2) is 0 Å². The summed E-state index contributed by atoms with van der Waals surface area (Å²) in [5.74, 6) is 0.664. The van der Waals surface area contributed by atoms with Gasteiger partial charge in [-0.2, -0.15) is 10.5 Å². The minimum absolute atomic E-state index is 0.0898. The van der Waals surface area contributed by atoms with Crippen LogP contribution < -0.4 is 5.32 Å². The van der Waals surface area contributed by atoms with Gasteiger partial charge in [0.25, 0.3) is 0 Å². The van der Waals surface area contributed by atoms with Gasteiger partial charge >= 0.3 is 0 Å². The molecule has 2 aromatic carbocycles. The average molecular weight is 317 g/mol. The minimum atomic E-state index is 0.0898. The fourth-order valence-electron chi connectivity index (χ4n) is 1.83. The van der Waals surface area contributed by atoms with Crippen molar-refractivity contribution in [1.29, 1.82) is 10.5 Å². The number of anilines is 1. The Labute approximate surface area is 140 Å². The maximum Gasteiger partial charge on any atom is 0.159 e. The number of nitriles is 2. The zero-order valence-electron chi connectivity index (χ0n) is 12.4. The number of rotatable bonds is 6. The van der Waals surface area contributed by atoms with Gasteiger partial charge in [0.1, 0.15) is 17.2 Å². The molecule has 3 nitrogen and oxygen atoms in total. The number of nitrogens with zero attached hydrogens (tertiary/aromatic N) is 2. The van der Waals surface area contributed by atoms with Crippen molar-refractivity contribution >= 4 is 23.5 Å². The summed E-state index contributed by atoms with van der Waals surface area (Å²) in [6, 6.07) is 23.4. The maximum absolute atomic E-state index is 9.11. The van der Waals surface area contributed by atoms with Crippen molar-refractivity contribution in [3.63, 3.8) is 0 Å². The summed E-state index contributed by atoms with van der Waals surface area (Å²) in [7, 11) is 0. The first kappa shape index (κ1) is 16.4. The zero-order valence-corrected chi connectivity index (χ0v) is 13.3. The van der Waals surface area contributed by atoms with Crippen molar-refractivity contribution in [2.75, 3.05) is 11.1 Å². The van der Waals surface area contributed by atoms with Gasteiger partial charge in [-0.15, -0.1) is 11.8 Å². The molecule has 0 unspecified atom stereocenters. The van der Waals surface area contributed by atoms with E-state index in [-0.39, 0.29) is 5.57 Å². The minimum Gasteiger partial charge on any atom is -0.349 e. The van der Waals surface area contributed by atoms with Gasteiger partial charge in [0, 0.05) is 11.4 Å². The number of hydrogen-bond acceptors (Lipinski definition) is 4. The normalized spacial score (nSPS) is 9.83. The highest BCUT2D eigenvalue weighted by Gasteiger charge is 2.06. The van der Waals surface area contributed by atoms with Crippen molar-refractivity contribution in [3.8, 4) is 12.1 Å². The summed E-state index contributed by atoms with van der Waals surface area (Å²) in [5, 5.41) is 21.9. The zero-order chi connectivity index (χ0) is 16.3. The van der Waals surface area contributed by atoms with Crippen LogP contribution in [-0.4, -0.2) is 5.75 Å². The highest BCUT2D eigenvalue weighted by atomic mass is 32.2. The van der Waals surface area contributed by atoms with E-state index in [9.17, 15) is 0 Å². The second-order valence-corrected chi connectivity index (χ2v) is 5.57. The average Bonchev–Trinajstić information content (AvgIpc) is 2.61. The van der Waals surface area contributed by atoms with Crippen LogP contribution in [0.5, 0.6) is 0 Å². The standard InChI is InChI=1S/C19H15N3S/c20-14-17(15-21)19(22-18-11-5-2-6-12-18)23-13-7-10-16-8-3-1-4-9-16/h1-12,22H,13H2/b10-7+. The van der Waals surface area contributed by atoms with Gasteiger partial charge in [-0.1, -0.05) is 60.7 Å². The molecule has 0 radical (unpaired) electrons. The molecule has 0 saturated heterocycles. The third-order valence-electron chi connectivity index (χ3n) is 2.92. The molecule has 0 saturated carbocycles. The smallest absolute Gasteiger partial charge is 0.159 e. The molecule has 2 aromatic rings. The van der Waals surface area contributed by atoms with Crippen LogP contribution in [-0.2, 0) is 0 Å². The Hall–Kier alpha value is -2.95. The van der Waals surface area contributed by atoms with Gasteiger partial charge in [0.05, 0.1) is 0 Å². The van der Waals surface area contributed by atoms with E-state index in [4.69, 9.17) is 10.5 Å². The monoisotopic (exact) mass is 317 g/mol. The van der Waals surface area contributed by atoms with E-state index in [1.54, 1.807) is 0 Å². The lowest BCUT2D eigenvalue weighted by atomic mass is 10.2. The number of benzene rings is 2. The molecule has 0 aliphatic rings. The van der Waals surface area contributed by atoms with Crippen molar-refractivity contribution in [1.82, 2.24) is 0 Å². The molecule has 0 amide bonds. The third kappa shape index (κ3) is 5.39. The molecule has 23 heavy (non-hydrogen) atoms. The van der Waals surface area contributed by atoms with Crippen LogP contribution in [0, 0.1) is 22.7 Å².